The van der Waals surface area contributed by atoms with E-state index in [1.807, 2.05) is 6.07 Å². The van der Waals surface area contributed by atoms with Gasteiger partial charge in [-0.25, -0.2) is 14.4 Å². The SMILES string of the molecule is CCCNCc1cc2c(N3CCC(c4ccccc4N4CCC4)CC3)nc(C3CC3)nc2cc1F. The quantitative estimate of drug-likeness (QED) is 0.423. The van der Waals surface area contributed by atoms with E-state index in [2.05, 4.69) is 46.3 Å². The molecular formula is C29H36FN5. The van der Waals surface area contributed by atoms with Crippen LogP contribution in [0.4, 0.5) is 15.9 Å². The molecule has 2 saturated heterocycles. The first-order chi connectivity index (χ1) is 17.2. The molecule has 3 heterocycles. The van der Waals surface area contributed by atoms with E-state index in [4.69, 9.17) is 9.97 Å². The summed E-state index contributed by atoms with van der Waals surface area (Å²) in [7, 11) is 0. The van der Waals surface area contributed by atoms with Gasteiger partial charge in [-0.15, -0.1) is 0 Å². The minimum atomic E-state index is -0.172. The van der Waals surface area contributed by atoms with Gasteiger partial charge in [-0.05, 0) is 68.7 Å². The third-order valence-electron chi connectivity index (χ3n) is 7.91. The molecule has 2 aliphatic heterocycles. The average molecular weight is 474 g/mol. The molecule has 0 radical (unpaired) electrons. The third kappa shape index (κ3) is 4.61. The number of para-hydroxylation sites is 1. The lowest BCUT2D eigenvalue weighted by atomic mass is 9.87. The van der Waals surface area contributed by atoms with Crippen molar-refractivity contribution in [2.24, 2.45) is 0 Å². The number of fused-ring (bicyclic) bond motifs is 1. The van der Waals surface area contributed by atoms with Crippen LogP contribution in [-0.2, 0) is 6.54 Å². The van der Waals surface area contributed by atoms with Crippen molar-refractivity contribution in [3.8, 4) is 0 Å². The van der Waals surface area contributed by atoms with Crippen molar-refractivity contribution in [2.45, 2.75) is 63.8 Å². The van der Waals surface area contributed by atoms with Crippen molar-refractivity contribution in [3.63, 3.8) is 0 Å². The molecule has 184 valence electrons. The Morgan fingerprint density at radius 3 is 2.46 bits per heavy atom. The van der Waals surface area contributed by atoms with E-state index in [0.29, 0.717) is 23.9 Å². The van der Waals surface area contributed by atoms with Gasteiger partial charge in [0.05, 0.1) is 5.52 Å². The molecule has 0 atom stereocenters. The highest BCUT2D eigenvalue weighted by atomic mass is 19.1. The van der Waals surface area contributed by atoms with Gasteiger partial charge in [-0.3, -0.25) is 0 Å². The van der Waals surface area contributed by atoms with Crippen molar-refractivity contribution >= 4 is 22.4 Å². The Balaban J connectivity index is 1.28. The second-order valence-electron chi connectivity index (χ2n) is 10.5. The largest absolute Gasteiger partial charge is 0.371 e. The zero-order chi connectivity index (χ0) is 23.8. The summed E-state index contributed by atoms with van der Waals surface area (Å²) in [6, 6.07) is 12.6. The van der Waals surface area contributed by atoms with E-state index in [0.717, 1.165) is 74.3 Å². The number of hydrogen-bond acceptors (Lipinski definition) is 5. The fraction of sp³-hybridized carbons (Fsp3) is 0.517. The first-order valence-corrected chi connectivity index (χ1v) is 13.5. The summed E-state index contributed by atoms with van der Waals surface area (Å²) in [5.74, 6) is 2.74. The monoisotopic (exact) mass is 473 g/mol. The van der Waals surface area contributed by atoms with Crippen molar-refractivity contribution in [2.75, 3.05) is 42.5 Å². The zero-order valence-electron chi connectivity index (χ0n) is 20.8. The molecule has 1 aliphatic carbocycles. The van der Waals surface area contributed by atoms with Gasteiger partial charge < -0.3 is 15.1 Å². The van der Waals surface area contributed by atoms with Crippen LogP contribution < -0.4 is 15.1 Å². The average Bonchev–Trinajstić information content (AvgIpc) is 3.69. The maximum atomic E-state index is 14.9. The number of halogens is 1. The van der Waals surface area contributed by atoms with Crippen molar-refractivity contribution < 1.29 is 4.39 Å². The molecule has 3 fully saturated rings. The number of rotatable bonds is 8. The highest BCUT2D eigenvalue weighted by molar-refractivity contribution is 5.90. The topological polar surface area (TPSA) is 44.3 Å². The second-order valence-corrected chi connectivity index (χ2v) is 10.5. The molecule has 0 bridgehead atoms. The molecule has 3 aliphatic rings. The summed E-state index contributed by atoms with van der Waals surface area (Å²) in [5, 5.41) is 4.33. The number of hydrogen-bond donors (Lipinski definition) is 1. The number of nitrogens with one attached hydrogen (secondary N) is 1. The van der Waals surface area contributed by atoms with Crippen LogP contribution in [0.15, 0.2) is 36.4 Å². The second kappa shape index (κ2) is 9.73. The summed E-state index contributed by atoms with van der Waals surface area (Å²) in [6.07, 6.45) is 6.84. The first-order valence-electron chi connectivity index (χ1n) is 13.5. The lowest BCUT2D eigenvalue weighted by Crippen LogP contribution is -2.39. The molecule has 6 rings (SSSR count). The molecule has 1 N–H and O–H groups in total. The van der Waals surface area contributed by atoms with E-state index < -0.39 is 0 Å². The van der Waals surface area contributed by atoms with E-state index in [-0.39, 0.29) is 5.82 Å². The fourth-order valence-corrected chi connectivity index (χ4v) is 5.58. The van der Waals surface area contributed by atoms with Crippen LogP contribution in [0.5, 0.6) is 0 Å². The Bertz CT molecular complexity index is 1200. The molecule has 5 nitrogen and oxygen atoms in total. The molecule has 6 heteroatoms. The van der Waals surface area contributed by atoms with Crippen LogP contribution in [0.25, 0.3) is 10.9 Å². The first kappa shape index (κ1) is 22.7. The van der Waals surface area contributed by atoms with Gasteiger partial charge in [0.2, 0.25) is 0 Å². The van der Waals surface area contributed by atoms with Gasteiger partial charge in [0.15, 0.2) is 0 Å². The summed E-state index contributed by atoms with van der Waals surface area (Å²) in [6.45, 7) is 7.84. The molecule has 35 heavy (non-hydrogen) atoms. The summed E-state index contributed by atoms with van der Waals surface area (Å²) in [4.78, 5) is 14.8. The minimum Gasteiger partial charge on any atom is -0.371 e. The van der Waals surface area contributed by atoms with E-state index in [1.54, 1.807) is 6.07 Å². The van der Waals surface area contributed by atoms with Gasteiger partial charge >= 0.3 is 0 Å². The molecule has 1 saturated carbocycles. The highest BCUT2D eigenvalue weighted by Gasteiger charge is 2.31. The minimum absolute atomic E-state index is 0.172. The molecule has 0 amide bonds. The number of piperidine rings is 1. The van der Waals surface area contributed by atoms with Crippen molar-refractivity contribution in [1.29, 1.82) is 0 Å². The van der Waals surface area contributed by atoms with Crippen molar-refractivity contribution in [3.05, 3.63) is 59.2 Å². The summed E-state index contributed by atoms with van der Waals surface area (Å²) >= 11 is 0. The van der Waals surface area contributed by atoms with Gasteiger partial charge in [0, 0.05) is 61.3 Å². The van der Waals surface area contributed by atoms with Crippen LogP contribution in [0.3, 0.4) is 0 Å². The molecular weight excluding hydrogens is 437 g/mol. The fourth-order valence-electron chi connectivity index (χ4n) is 5.58. The van der Waals surface area contributed by atoms with Gasteiger partial charge in [0.1, 0.15) is 17.5 Å². The smallest absolute Gasteiger partial charge is 0.140 e. The standard InChI is InChI=1S/C29H36FN5/c1-2-12-31-19-22-17-24-26(18-25(22)30)32-28(21-8-9-21)33-29(24)35-15-10-20(11-16-35)23-6-3-4-7-27(23)34-13-5-14-34/h3-4,6-7,17-18,20-21,31H,2,5,8-16,19H2,1H3. The molecule has 1 aromatic heterocycles. The Hall–Kier alpha value is -2.73. The van der Waals surface area contributed by atoms with Crippen LogP contribution in [-0.4, -0.2) is 42.7 Å². The van der Waals surface area contributed by atoms with E-state index in [9.17, 15) is 4.39 Å². The maximum Gasteiger partial charge on any atom is 0.140 e. The van der Waals surface area contributed by atoms with Crippen LogP contribution in [0.2, 0.25) is 0 Å². The maximum absolute atomic E-state index is 14.9. The Morgan fingerprint density at radius 2 is 1.74 bits per heavy atom. The lowest BCUT2D eigenvalue weighted by molar-refractivity contribution is 0.499. The van der Waals surface area contributed by atoms with Crippen molar-refractivity contribution in [1.82, 2.24) is 15.3 Å². The number of nitrogens with zero attached hydrogens (tertiary/aromatic N) is 4. The normalized spacial score (nSPS) is 18.8. The molecule has 2 aromatic carbocycles. The van der Waals surface area contributed by atoms with E-state index >= 15 is 0 Å². The molecule has 0 spiro atoms. The van der Waals surface area contributed by atoms with Crippen LogP contribution >= 0.6 is 0 Å². The highest BCUT2D eigenvalue weighted by Crippen LogP contribution is 2.42. The lowest BCUT2D eigenvalue weighted by Gasteiger charge is -2.38. The summed E-state index contributed by atoms with van der Waals surface area (Å²) in [5.41, 5.74) is 4.39. The number of aromatic nitrogens is 2. The van der Waals surface area contributed by atoms with Crippen LogP contribution in [0, 0.1) is 5.82 Å². The molecule has 3 aromatic rings. The van der Waals surface area contributed by atoms with Gasteiger partial charge in [-0.1, -0.05) is 25.1 Å². The Kier molecular flexibility index (Phi) is 6.31. The Labute approximate surface area is 207 Å². The number of benzene rings is 2. The molecule has 0 unspecified atom stereocenters. The Morgan fingerprint density at radius 1 is 0.943 bits per heavy atom. The summed E-state index contributed by atoms with van der Waals surface area (Å²) < 4.78 is 14.9. The predicted molar refractivity (Wildman–Crippen MR) is 141 cm³/mol. The van der Waals surface area contributed by atoms with E-state index in [1.165, 1.54) is 30.8 Å². The number of anilines is 2. The predicted octanol–water partition coefficient (Wildman–Crippen LogP) is 5.74. The van der Waals surface area contributed by atoms with Gasteiger partial charge in [-0.2, -0.15) is 0 Å². The third-order valence-corrected chi connectivity index (χ3v) is 7.91. The van der Waals surface area contributed by atoms with Crippen LogP contribution in [0.1, 0.15) is 74.2 Å². The zero-order valence-corrected chi connectivity index (χ0v) is 20.8. The van der Waals surface area contributed by atoms with Gasteiger partial charge in [0.25, 0.3) is 0 Å².